The van der Waals surface area contributed by atoms with Crippen LogP contribution in [0.2, 0.25) is 0 Å². The van der Waals surface area contributed by atoms with Crippen LogP contribution in [-0.4, -0.2) is 16.0 Å². The average Bonchev–Trinajstić information content (AvgIpc) is 2.89. The van der Waals surface area contributed by atoms with E-state index >= 15 is 0 Å². The van der Waals surface area contributed by atoms with Crippen molar-refractivity contribution in [2.24, 2.45) is 0 Å². The number of rotatable bonds is 4. The van der Waals surface area contributed by atoms with Gasteiger partial charge in [0.1, 0.15) is 0 Å². The highest BCUT2D eigenvalue weighted by atomic mass is 32.2. The first-order chi connectivity index (χ1) is 10.1. The molecule has 21 heavy (non-hydrogen) atoms. The first-order valence-corrected chi connectivity index (χ1v) is 8.46. The van der Waals surface area contributed by atoms with Crippen molar-refractivity contribution in [3.63, 3.8) is 0 Å². The zero-order valence-corrected chi connectivity index (χ0v) is 13.5. The van der Waals surface area contributed by atoms with Gasteiger partial charge in [-0.15, -0.1) is 11.3 Å². The Kier molecular flexibility index (Phi) is 4.08. The summed E-state index contributed by atoms with van der Waals surface area (Å²) in [7, 11) is 0. The predicted molar refractivity (Wildman–Crippen MR) is 90.4 cm³/mol. The zero-order valence-electron chi connectivity index (χ0n) is 11.9. The van der Waals surface area contributed by atoms with E-state index in [2.05, 4.69) is 11.1 Å². The molecule has 0 saturated heterocycles. The highest BCUT2D eigenvalue weighted by Crippen LogP contribution is 2.32. The molecule has 2 aromatic carbocycles. The molecule has 3 aromatic rings. The number of para-hydroxylation sites is 1. The molecule has 0 fully saturated rings. The number of thioether (sulfide) groups is 1. The van der Waals surface area contributed by atoms with Crippen LogP contribution in [0.15, 0.2) is 52.9 Å². The number of hydrogen-bond donors (Lipinski definition) is 0. The fourth-order valence-corrected chi connectivity index (χ4v) is 4.35. The second kappa shape index (κ2) is 6.00. The summed E-state index contributed by atoms with van der Waals surface area (Å²) in [5.74, 6) is 0.152. The molecular formula is C17H15NOS2. The summed E-state index contributed by atoms with van der Waals surface area (Å²) < 4.78 is 2.11. The highest BCUT2D eigenvalue weighted by molar-refractivity contribution is 8.02. The van der Waals surface area contributed by atoms with E-state index in [4.69, 9.17) is 0 Å². The number of carbonyl (C=O) groups is 1. The van der Waals surface area contributed by atoms with Gasteiger partial charge in [-0.3, -0.25) is 4.79 Å². The van der Waals surface area contributed by atoms with Gasteiger partial charge in [0.15, 0.2) is 10.1 Å². The van der Waals surface area contributed by atoms with Gasteiger partial charge in [0, 0.05) is 5.56 Å². The van der Waals surface area contributed by atoms with Crippen LogP contribution < -0.4 is 0 Å². The Bertz CT molecular complexity index is 744. The Balaban J connectivity index is 1.77. The van der Waals surface area contributed by atoms with Crippen LogP contribution in [0.3, 0.4) is 0 Å². The van der Waals surface area contributed by atoms with Crippen molar-refractivity contribution in [1.82, 2.24) is 4.98 Å². The van der Waals surface area contributed by atoms with Gasteiger partial charge < -0.3 is 0 Å². The molecule has 4 heteroatoms. The van der Waals surface area contributed by atoms with Crippen molar-refractivity contribution < 1.29 is 4.79 Å². The Morgan fingerprint density at radius 1 is 1.14 bits per heavy atom. The van der Waals surface area contributed by atoms with Gasteiger partial charge in [-0.05, 0) is 26.0 Å². The average molecular weight is 313 g/mol. The highest BCUT2D eigenvalue weighted by Gasteiger charge is 2.18. The van der Waals surface area contributed by atoms with Crippen molar-refractivity contribution in [1.29, 1.82) is 0 Å². The Morgan fingerprint density at radius 3 is 2.57 bits per heavy atom. The van der Waals surface area contributed by atoms with E-state index in [0.29, 0.717) is 0 Å². The maximum absolute atomic E-state index is 12.4. The number of ketones is 1. The summed E-state index contributed by atoms with van der Waals surface area (Å²) in [6.45, 7) is 3.96. The van der Waals surface area contributed by atoms with E-state index in [9.17, 15) is 4.79 Å². The summed E-state index contributed by atoms with van der Waals surface area (Å²) >= 11 is 3.17. The molecule has 0 radical (unpaired) electrons. The first kappa shape index (κ1) is 14.3. The maximum Gasteiger partial charge on any atom is 0.175 e. The number of aryl methyl sites for hydroxylation is 1. The topological polar surface area (TPSA) is 30.0 Å². The molecule has 1 heterocycles. The fourth-order valence-electron chi connectivity index (χ4n) is 2.06. The minimum absolute atomic E-state index is 0.131. The maximum atomic E-state index is 12.4. The number of hydrogen-bond acceptors (Lipinski definition) is 4. The van der Waals surface area contributed by atoms with Crippen LogP contribution in [0.1, 0.15) is 22.8 Å². The largest absolute Gasteiger partial charge is 0.293 e. The number of fused-ring (bicyclic) bond motifs is 1. The van der Waals surface area contributed by atoms with Crippen molar-refractivity contribution >= 4 is 39.1 Å². The minimum Gasteiger partial charge on any atom is -0.293 e. The Labute approximate surface area is 132 Å². The van der Waals surface area contributed by atoms with Crippen LogP contribution in [0, 0.1) is 6.92 Å². The molecule has 0 aliphatic carbocycles. The van der Waals surface area contributed by atoms with E-state index < -0.39 is 0 Å². The van der Waals surface area contributed by atoms with Gasteiger partial charge >= 0.3 is 0 Å². The standard InChI is InChI=1S/C17H15NOS2/c1-11-7-9-13(10-8-11)16(19)12(2)20-17-18-14-5-3-4-6-15(14)21-17/h3-10,12H,1-2H3/t12-/m0/s1. The van der Waals surface area contributed by atoms with Gasteiger partial charge in [0.2, 0.25) is 0 Å². The normalized spacial score (nSPS) is 12.5. The fraction of sp³-hybridized carbons (Fsp3) is 0.176. The van der Waals surface area contributed by atoms with Gasteiger partial charge in [0.25, 0.3) is 0 Å². The lowest BCUT2D eigenvalue weighted by Crippen LogP contribution is -2.13. The first-order valence-electron chi connectivity index (χ1n) is 6.76. The molecule has 2 nitrogen and oxygen atoms in total. The van der Waals surface area contributed by atoms with Crippen molar-refractivity contribution in [3.8, 4) is 0 Å². The van der Waals surface area contributed by atoms with E-state index in [1.807, 2.05) is 56.3 Å². The summed E-state index contributed by atoms with van der Waals surface area (Å²) in [5, 5.41) is -0.131. The zero-order chi connectivity index (χ0) is 14.8. The van der Waals surface area contributed by atoms with Crippen LogP contribution in [-0.2, 0) is 0 Å². The van der Waals surface area contributed by atoms with E-state index in [1.54, 1.807) is 11.3 Å². The van der Waals surface area contributed by atoms with Gasteiger partial charge in [-0.25, -0.2) is 4.98 Å². The lowest BCUT2D eigenvalue weighted by Gasteiger charge is -2.08. The lowest BCUT2D eigenvalue weighted by molar-refractivity contribution is 0.0994. The third-order valence-corrected chi connectivity index (χ3v) is 5.49. The third kappa shape index (κ3) is 3.17. The molecule has 0 aliphatic rings. The molecule has 0 saturated carbocycles. The number of nitrogens with zero attached hydrogens (tertiary/aromatic N) is 1. The molecule has 0 aliphatic heterocycles. The predicted octanol–water partition coefficient (Wildman–Crippen LogP) is 4.97. The SMILES string of the molecule is Cc1ccc(C(=O)[C@H](C)Sc2nc3ccccc3s2)cc1. The quantitative estimate of drug-likeness (QED) is 0.503. The van der Waals surface area contributed by atoms with Crippen LogP contribution in [0.4, 0.5) is 0 Å². The molecular weight excluding hydrogens is 298 g/mol. The molecule has 0 N–H and O–H groups in total. The number of thiazole rings is 1. The molecule has 0 spiro atoms. The molecule has 106 valence electrons. The second-order valence-electron chi connectivity index (χ2n) is 4.94. The number of aromatic nitrogens is 1. The summed E-state index contributed by atoms with van der Waals surface area (Å²) in [5.41, 5.74) is 2.93. The van der Waals surface area contributed by atoms with E-state index in [-0.39, 0.29) is 11.0 Å². The van der Waals surface area contributed by atoms with Gasteiger partial charge in [0.05, 0.1) is 15.5 Å². The van der Waals surface area contributed by atoms with Crippen molar-refractivity contribution in [2.75, 3.05) is 0 Å². The monoisotopic (exact) mass is 313 g/mol. The van der Waals surface area contributed by atoms with Crippen LogP contribution in [0.25, 0.3) is 10.2 Å². The summed E-state index contributed by atoms with van der Waals surface area (Å²) in [6.07, 6.45) is 0. The van der Waals surface area contributed by atoms with E-state index in [0.717, 1.165) is 25.7 Å². The smallest absolute Gasteiger partial charge is 0.175 e. The van der Waals surface area contributed by atoms with E-state index in [1.165, 1.54) is 11.8 Å². The molecule has 1 atom stereocenters. The lowest BCUT2D eigenvalue weighted by atomic mass is 10.1. The minimum atomic E-state index is -0.131. The van der Waals surface area contributed by atoms with Gasteiger partial charge in [-0.1, -0.05) is 53.7 Å². The van der Waals surface area contributed by atoms with Crippen LogP contribution in [0.5, 0.6) is 0 Å². The van der Waals surface area contributed by atoms with Gasteiger partial charge in [-0.2, -0.15) is 0 Å². The van der Waals surface area contributed by atoms with Crippen molar-refractivity contribution in [3.05, 3.63) is 59.7 Å². The summed E-state index contributed by atoms with van der Waals surface area (Å²) in [6, 6.07) is 15.8. The molecule has 0 bridgehead atoms. The molecule has 0 unspecified atom stereocenters. The summed E-state index contributed by atoms with van der Waals surface area (Å²) in [4.78, 5) is 17.0. The van der Waals surface area contributed by atoms with Crippen molar-refractivity contribution in [2.45, 2.75) is 23.4 Å². The Hall–Kier alpha value is -1.65. The molecule has 0 amide bonds. The Morgan fingerprint density at radius 2 is 1.86 bits per heavy atom. The number of Topliss-reactive ketones (excluding diaryl/α,β-unsaturated/α-hetero) is 1. The van der Waals surface area contributed by atoms with Crippen LogP contribution >= 0.6 is 23.1 Å². The number of carbonyl (C=O) groups excluding carboxylic acids is 1. The number of benzene rings is 2. The second-order valence-corrected chi connectivity index (χ2v) is 7.56. The third-order valence-electron chi connectivity index (χ3n) is 3.26. The molecule has 3 rings (SSSR count). The molecule has 1 aromatic heterocycles.